The number of hydrazone groups is 1. The lowest BCUT2D eigenvalue weighted by Gasteiger charge is -2.08. The van der Waals surface area contributed by atoms with Crippen molar-refractivity contribution in [1.29, 1.82) is 0 Å². The second-order valence-corrected chi connectivity index (χ2v) is 4.10. The van der Waals surface area contributed by atoms with Gasteiger partial charge in [0, 0.05) is 16.6 Å². The molecule has 1 rings (SSSR count). The number of hydrogen-bond acceptors (Lipinski definition) is 6. The molecule has 0 saturated carbocycles. The Morgan fingerprint density at radius 2 is 1.70 bits per heavy atom. The fraction of sp³-hybridized carbons (Fsp3) is 0.167. The number of carbonyl (C=O) groups excluding carboxylic acids is 3. The molecule has 0 spiro atoms. The maximum absolute atomic E-state index is 11.6. The van der Waals surface area contributed by atoms with E-state index in [1.165, 1.54) is 24.3 Å². The van der Waals surface area contributed by atoms with Gasteiger partial charge in [-0.15, -0.1) is 0 Å². The lowest BCUT2D eigenvalue weighted by atomic mass is 10.2. The van der Waals surface area contributed by atoms with E-state index in [4.69, 9.17) is 11.6 Å². The summed E-state index contributed by atoms with van der Waals surface area (Å²) >= 11 is 5.65. The van der Waals surface area contributed by atoms with Crippen LogP contribution < -0.4 is 15.6 Å². The number of nitrogens with zero attached hydrogens (tertiary/aromatic N) is 1. The molecule has 0 aliphatic carbocycles. The van der Waals surface area contributed by atoms with Crippen molar-refractivity contribution in [2.45, 2.75) is 12.8 Å². The quantitative estimate of drug-likeness (QED) is 0.517. The predicted molar refractivity (Wildman–Crippen MR) is 65.6 cm³/mol. The highest BCUT2D eigenvalue weighted by atomic mass is 35.5. The molecule has 0 atom stereocenters. The third kappa shape index (κ3) is 5.07. The first-order valence-electron chi connectivity index (χ1n) is 5.44. The van der Waals surface area contributed by atoms with Gasteiger partial charge in [0.05, 0.1) is 11.7 Å². The van der Waals surface area contributed by atoms with Crippen molar-refractivity contribution in [2.24, 2.45) is 5.10 Å². The Bertz CT molecular complexity index is 553. The smallest absolute Gasteiger partial charge is 0.271 e. The van der Waals surface area contributed by atoms with Gasteiger partial charge in [-0.1, -0.05) is 11.6 Å². The van der Waals surface area contributed by atoms with Crippen LogP contribution in [0.2, 0.25) is 5.02 Å². The number of aliphatic carboxylic acids is 2. The van der Waals surface area contributed by atoms with Gasteiger partial charge in [0.2, 0.25) is 0 Å². The minimum atomic E-state index is -1.66. The van der Waals surface area contributed by atoms with Crippen molar-refractivity contribution >= 4 is 35.2 Å². The first-order chi connectivity index (χ1) is 9.40. The number of carbonyl (C=O) groups is 3. The summed E-state index contributed by atoms with van der Waals surface area (Å²) in [5.74, 6) is -3.75. The molecule has 0 aliphatic rings. The van der Waals surface area contributed by atoms with Crippen LogP contribution in [0.25, 0.3) is 0 Å². The van der Waals surface area contributed by atoms with E-state index in [0.29, 0.717) is 5.02 Å². The number of hydrogen-bond donors (Lipinski definition) is 1. The molecule has 0 heterocycles. The van der Waals surface area contributed by atoms with E-state index in [1.807, 2.05) is 5.43 Å². The summed E-state index contributed by atoms with van der Waals surface area (Å²) in [6.07, 6.45) is -0.949. The molecule has 0 saturated heterocycles. The number of rotatable bonds is 6. The standard InChI is InChI=1S/C12H11ClN2O5/c13-8-3-1-7(2-4-8)11(18)15-14-9(12(19)20)5-6-10(16)17/h1-4H,5-6H2,(H,15,18)(H,16,17)(H,19,20)/p-2/b14-9+. The topological polar surface area (TPSA) is 122 Å². The Labute approximate surface area is 118 Å². The first kappa shape index (κ1) is 15.6. The van der Waals surface area contributed by atoms with Crippen LogP contribution >= 0.6 is 11.6 Å². The molecule has 1 aromatic carbocycles. The number of benzene rings is 1. The molecular formula is C12H9ClN2O5-2. The molecule has 1 aromatic rings. The minimum Gasteiger partial charge on any atom is -0.550 e. The van der Waals surface area contributed by atoms with Gasteiger partial charge >= 0.3 is 0 Å². The zero-order valence-electron chi connectivity index (χ0n) is 10.1. The van der Waals surface area contributed by atoms with Gasteiger partial charge in [0.1, 0.15) is 0 Å². The molecule has 8 heteroatoms. The zero-order chi connectivity index (χ0) is 15.1. The van der Waals surface area contributed by atoms with Crippen LogP contribution in [0.3, 0.4) is 0 Å². The van der Waals surface area contributed by atoms with Crippen molar-refractivity contribution in [3.63, 3.8) is 0 Å². The summed E-state index contributed by atoms with van der Waals surface area (Å²) < 4.78 is 0. The fourth-order valence-corrected chi connectivity index (χ4v) is 1.33. The Morgan fingerprint density at radius 1 is 1.10 bits per heavy atom. The van der Waals surface area contributed by atoms with E-state index < -0.39 is 36.4 Å². The Morgan fingerprint density at radius 3 is 2.20 bits per heavy atom. The molecule has 0 radical (unpaired) electrons. The Kier molecular flexibility index (Phi) is 5.67. The summed E-state index contributed by atoms with van der Waals surface area (Å²) in [5.41, 5.74) is 1.63. The van der Waals surface area contributed by atoms with E-state index in [1.54, 1.807) is 0 Å². The summed E-state index contributed by atoms with van der Waals surface area (Å²) in [7, 11) is 0. The van der Waals surface area contributed by atoms with Crippen LogP contribution in [0.15, 0.2) is 29.4 Å². The molecule has 0 bridgehead atoms. The lowest BCUT2D eigenvalue weighted by Crippen LogP contribution is -2.35. The van der Waals surface area contributed by atoms with Crippen LogP contribution in [0, 0.1) is 0 Å². The maximum atomic E-state index is 11.6. The molecule has 1 N–H and O–H groups in total. The van der Waals surface area contributed by atoms with E-state index in [2.05, 4.69) is 5.10 Å². The van der Waals surface area contributed by atoms with E-state index in [-0.39, 0.29) is 5.56 Å². The number of nitrogens with one attached hydrogen (secondary N) is 1. The molecule has 7 nitrogen and oxygen atoms in total. The van der Waals surface area contributed by atoms with Crippen LogP contribution in [-0.2, 0) is 9.59 Å². The highest BCUT2D eigenvalue weighted by molar-refractivity contribution is 6.35. The Balaban J connectivity index is 2.71. The van der Waals surface area contributed by atoms with Crippen molar-refractivity contribution in [1.82, 2.24) is 5.43 Å². The Hall–Kier alpha value is -2.41. The van der Waals surface area contributed by atoms with Crippen LogP contribution in [0.4, 0.5) is 0 Å². The maximum Gasteiger partial charge on any atom is 0.271 e. The normalized spacial score (nSPS) is 10.9. The van der Waals surface area contributed by atoms with Crippen molar-refractivity contribution in [2.75, 3.05) is 0 Å². The highest BCUT2D eigenvalue weighted by Gasteiger charge is 2.06. The summed E-state index contributed by atoms with van der Waals surface area (Å²) in [6, 6.07) is 5.81. The molecular weight excluding hydrogens is 288 g/mol. The lowest BCUT2D eigenvalue weighted by molar-refractivity contribution is -0.305. The second-order valence-electron chi connectivity index (χ2n) is 3.67. The molecule has 1 amide bonds. The number of carboxylic acid groups (broad SMARTS) is 2. The molecule has 0 aromatic heterocycles. The molecule has 106 valence electrons. The van der Waals surface area contributed by atoms with Crippen LogP contribution in [-0.4, -0.2) is 23.6 Å². The van der Waals surface area contributed by atoms with Crippen molar-refractivity contribution < 1.29 is 24.6 Å². The van der Waals surface area contributed by atoms with Crippen LogP contribution in [0.5, 0.6) is 0 Å². The first-order valence-corrected chi connectivity index (χ1v) is 5.81. The van der Waals surface area contributed by atoms with Gasteiger partial charge in [-0.25, -0.2) is 5.43 Å². The number of amides is 1. The molecule has 20 heavy (non-hydrogen) atoms. The average Bonchev–Trinajstić information content (AvgIpc) is 2.38. The monoisotopic (exact) mass is 296 g/mol. The average molecular weight is 297 g/mol. The van der Waals surface area contributed by atoms with Gasteiger partial charge in [0.25, 0.3) is 5.91 Å². The second kappa shape index (κ2) is 7.25. The van der Waals surface area contributed by atoms with Gasteiger partial charge in [-0.2, -0.15) is 5.10 Å². The highest BCUT2D eigenvalue weighted by Crippen LogP contribution is 2.09. The predicted octanol–water partition coefficient (Wildman–Crippen LogP) is -1.29. The minimum absolute atomic E-state index is 0.218. The fourth-order valence-electron chi connectivity index (χ4n) is 1.21. The SMILES string of the molecule is O=C([O-])CC/C(=N\NC(=O)c1ccc(Cl)cc1)C(=O)[O-]. The van der Waals surface area contributed by atoms with Gasteiger partial charge < -0.3 is 19.8 Å². The van der Waals surface area contributed by atoms with Crippen molar-refractivity contribution in [3.05, 3.63) is 34.9 Å². The number of halogens is 1. The third-order valence-corrected chi connectivity index (χ3v) is 2.45. The van der Waals surface area contributed by atoms with E-state index in [9.17, 15) is 24.6 Å². The molecule has 0 fully saturated rings. The number of carboxylic acids is 2. The van der Waals surface area contributed by atoms with Gasteiger partial charge in [-0.3, -0.25) is 4.79 Å². The largest absolute Gasteiger partial charge is 0.550 e. The third-order valence-electron chi connectivity index (χ3n) is 2.20. The van der Waals surface area contributed by atoms with E-state index >= 15 is 0 Å². The van der Waals surface area contributed by atoms with Gasteiger partial charge in [-0.05, 0) is 37.1 Å². The zero-order valence-corrected chi connectivity index (χ0v) is 10.8. The van der Waals surface area contributed by atoms with E-state index in [0.717, 1.165) is 0 Å². The van der Waals surface area contributed by atoms with Crippen molar-refractivity contribution in [3.8, 4) is 0 Å². The summed E-state index contributed by atoms with van der Waals surface area (Å²) in [5, 5.41) is 24.7. The molecule has 0 unspecified atom stereocenters. The summed E-state index contributed by atoms with van der Waals surface area (Å²) in [4.78, 5) is 32.5. The van der Waals surface area contributed by atoms with Gasteiger partial charge in [0.15, 0.2) is 0 Å². The van der Waals surface area contributed by atoms with Crippen LogP contribution in [0.1, 0.15) is 23.2 Å². The summed E-state index contributed by atoms with van der Waals surface area (Å²) in [6.45, 7) is 0. The molecule has 0 aliphatic heterocycles.